The van der Waals surface area contributed by atoms with Crippen LogP contribution in [0, 0.1) is 0 Å². The molecular weight excluding hydrogens is 361 g/mol. The van der Waals surface area contributed by atoms with E-state index in [9.17, 15) is 13.2 Å². The Labute approximate surface area is 155 Å². The maximum absolute atomic E-state index is 12.1. The molecule has 0 bridgehead atoms. The molecule has 1 heterocycles. The van der Waals surface area contributed by atoms with Gasteiger partial charge in [0.25, 0.3) is 0 Å². The van der Waals surface area contributed by atoms with Crippen LogP contribution in [-0.4, -0.2) is 37.9 Å². The highest BCUT2D eigenvalue weighted by atomic mass is 19.4. The minimum absolute atomic E-state index is 0.0743. The van der Waals surface area contributed by atoms with E-state index in [0.717, 1.165) is 16.9 Å². The van der Waals surface area contributed by atoms with Gasteiger partial charge in [0.2, 0.25) is 5.88 Å². The van der Waals surface area contributed by atoms with Gasteiger partial charge in [-0.2, -0.15) is 13.2 Å². The van der Waals surface area contributed by atoms with E-state index in [1.165, 1.54) is 12.3 Å². The highest BCUT2D eigenvalue weighted by molar-refractivity contribution is 5.79. The Balaban J connectivity index is 1.83. The van der Waals surface area contributed by atoms with Gasteiger partial charge >= 0.3 is 6.18 Å². The molecular formula is C18H21F3N4O2. The molecule has 2 N–H and O–H groups in total. The molecule has 0 saturated carbocycles. The van der Waals surface area contributed by atoms with Gasteiger partial charge in [-0.1, -0.05) is 24.3 Å². The fourth-order valence-electron chi connectivity index (χ4n) is 2.19. The third kappa shape index (κ3) is 7.04. The zero-order valence-electron chi connectivity index (χ0n) is 15.0. The fourth-order valence-corrected chi connectivity index (χ4v) is 2.19. The highest BCUT2D eigenvalue weighted by Gasteiger charge is 2.28. The van der Waals surface area contributed by atoms with Gasteiger partial charge in [-0.3, -0.25) is 4.99 Å². The number of aromatic nitrogens is 1. The molecule has 9 heteroatoms. The summed E-state index contributed by atoms with van der Waals surface area (Å²) in [6.07, 6.45) is -2.94. The van der Waals surface area contributed by atoms with E-state index >= 15 is 0 Å². The molecule has 0 amide bonds. The smallest absolute Gasteiger partial charge is 0.422 e. The van der Waals surface area contributed by atoms with Gasteiger partial charge in [0, 0.05) is 38.0 Å². The molecule has 0 fully saturated rings. The molecule has 1 aromatic carbocycles. The van der Waals surface area contributed by atoms with Crippen LogP contribution in [0.3, 0.4) is 0 Å². The molecule has 6 nitrogen and oxygen atoms in total. The Kier molecular flexibility index (Phi) is 7.27. The lowest BCUT2D eigenvalue weighted by atomic mass is 10.2. The number of pyridine rings is 1. The van der Waals surface area contributed by atoms with Crippen molar-refractivity contribution in [2.45, 2.75) is 19.3 Å². The maximum Gasteiger partial charge on any atom is 0.422 e. The standard InChI is InChI=1S/C18H21F3N4O2/c1-22-17(25-11-14-5-3-4-6-15(14)26-2)24-10-13-7-8-16(23-9-13)27-12-18(19,20)21/h3-9H,10-12H2,1-2H3,(H2,22,24,25). The lowest BCUT2D eigenvalue weighted by Gasteiger charge is -2.14. The van der Waals surface area contributed by atoms with Crippen LogP contribution < -0.4 is 20.1 Å². The first kappa shape index (κ1) is 20.3. The van der Waals surface area contributed by atoms with Crippen molar-refractivity contribution in [3.05, 3.63) is 53.7 Å². The number of nitrogens with one attached hydrogen (secondary N) is 2. The van der Waals surface area contributed by atoms with Crippen LogP contribution in [0.5, 0.6) is 11.6 Å². The molecule has 0 aliphatic rings. The van der Waals surface area contributed by atoms with E-state index in [2.05, 4.69) is 25.3 Å². The predicted molar refractivity (Wildman–Crippen MR) is 95.8 cm³/mol. The number of aliphatic imine (C=N–C) groups is 1. The molecule has 27 heavy (non-hydrogen) atoms. The Morgan fingerprint density at radius 3 is 2.48 bits per heavy atom. The summed E-state index contributed by atoms with van der Waals surface area (Å²) in [6, 6.07) is 10.7. The summed E-state index contributed by atoms with van der Waals surface area (Å²) in [5, 5.41) is 6.27. The number of para-hydroxylation sites is 1. The molecule has 1 aromatic heterocycles. The number of alkyl halides is 3. The number of methoxy groups -OCH3 is 1. The third-order valence-electron chi connectivity index (χ3n) is 3.50. The summed E-state index contributed by atoms with van der Waals surface area (Å²) in [5.74, 6) is 1.27. The van der Waals surface area contributed by atoms with E-state index in [4.69, 9.17) is 4.74 Å². The maximum atomic E-state index is 12.1. The summed E-state index contributed by atoms with van der Waals surface area (Å²) < 4.78 is 46.2. The van der Waals surface area contributed by atoms with Crippen LogP contribution in [-0.2, 0) is 13.1 Å². The van der Waals surface area contributed by atoms with E-state index in [1.807, 2.05) is 24.3 Å². The van der Waals surface area contributed by atoms with Crippen molar-refractivity contribution in [1.29, 1.82) is 0 Å². The molecule has 146 valence electrons. The van der Waals surface area contributed by atoms with Crippen molar-refractivity contribution in [2.75, 3.05) is 20.8 Å². The minimum atomic E-state index is -4.39. The second-order valence-electron chi connectivity index (χ2n) is 5.50. The molecule has 0 saturated heterocycles. The topological polar surface area (TPSA) is 67.8 Å². The fraction of sp³-hybridized carbons (Fsp3) is 0.333. The third-order valence-corrected chi connectivity index (χ3v) is 3.50. The summed E-state index contributed by atoms with van der Waals surface area (Å²) in [6.45, 7) is -0.443. The Hall–Kier alpha value is -2.97. The van der Waals surface area contributed by atoms with Gasteiger partial charge in [-0.15, -0.1) is 0 Å². The number of halogens is 3. The van der Waals surface area contributed by atoms with Crippen molar-refractivity contribution >= 4 is 5.96 Å². The van der Waals surface area contributed by atoms with E-state index in [1.54, 1.807) is 20.2 Å². The summed E-state index contributed by atoms with van der Waals surface area (Å²) >= 11 is 0. The first-order chi connectivity index (χ1) is 12.9. The lowest BCUT2D eigenvalue weighted by molar-refractivity contribution is -0.154. The normalized spacial score (nSPS) is 11.8. The van der Waals surface area contributed by atoms with Gasteiger partial charge in [0.05, 0.1) is 7.11 Å². The largest absolute Gasteiger partial charge is 0.496 e. The molecule has 2 aromatic rings. The number of nitrogens with zero attached hydrogens (tertiary/aromatic N) is 2. The SMILES string of the molecule is CN=C(NCc1ccc(OCC(F)(F)F)nc1)NCc1ccccc1OC. The van der Waals surface area contributed by atoms with Gasteiger partial charge in [-0.05, 0) is 11.6 Å². The van der Waals surface area contributed by atoms with Gasteiger partial charge in [-0.25, -0.2) is 4.98 Å². The average Bonchev–Trinajstić information content (AvgIpc) is 2.67. The molecule has 0 atom stereocenters. The van der Waals surface area contributed by atoms with Gasteiger partial charge in [0.15, 0.2) is 12.6 Å². The van der Waals surface area contributed by atoms with E-state index in [0.29, 0.717) is 19.0 Å². The molecule has 0 radical (unpaired) electrons. The van der Waals surface area contributed by atoms with Crippen molar-refractivity contribution in [1.82, 2.24) is 15.6 Å². The Morgan fingerprint density at radius 1 is 1.11 bits per heavy atom. The Bertz CT molecular complexity index is 749. The van der Waals surface area contributed by atoms with E-state index < -0.39 is 12.8 Å². The van der Waals surface area contributed by atoms with Crippen molar-refractivity contribution < 1.29 is 22.6 Å². The molecule has 0 spiro atoms. The summed E-state index contributed by atoms with van der Waals surface area (Å²) in [4.78, 5) is 7.99. The van der Waals surface area contributed by atoms with Crippen LogP contribution in [0.1, 0.15) is 11.1 Å². The Morgan fingerprint density at radius 2 is 1.85 bits per heavy atom. The van der Waals surface area contributed by atoms with Crippen LogP contribution >= 0.6 is 0 Å². The van der Waals surface area contributed by atoms with Gasteiger partial charge in [0.1, 0.15) is 5.75 Å². The first-order valence-corrected chi connectivity index (χ1v) is 8.12. The number of ether oxygens (including phenoxy) is 2. The second kappa shape index (κ2) is 9.65. The average molecular weight is 382 g/mol. The summed E-state index contributed by atoms with van der Waals surface area (Å²) in [5.41, 5.74) is 1.75. The highest BCUT2D eigenvalue weighted by Crippen LogP contribution is 2.17. The van der Waals surface area contributed by atoms with Crippen molar-refractivity contribution in [3.8, 4) is 11.6 Å². The quantitative estimate of drug-likeness (QED) is 0.569. The monoisotopic (exact) mass is 382 g/mol. The van der Waals surface area contributed by atoms with Gasteiger partial charge < -0.3 is 20.1 Å². The molecule has 0 aliphatic heterocycles. The van der Waals surface area contributed by atoms with Crippen molar-refractivity contribution in [3.63, 3.8) is 0 Å². The zero-order valence-corrected chi connectivity index (χ0v) is 15.0. The lowest BCUT2D eigenvalue weighted by Crippen LogP contribution is -2.36. The molecule has 2 rings (SSSR count). The van der Waals surface area contributed by atoms with Crippen molar-refractivity contribution in [2.24, 2.45) is 4.99 Å². The number of guanidine groups is 1. The van der Waals surface area contributed by atoms with Crippen LogP contribution in [0.15, 0.2) is 47.6 Å². The number of hydrogen-bond donors (Lipinski definition) is 2. The van der Waals surface area contributed by atoms with Crippen LogP contribution in [0.4, 0.5) is 13.2 Å². The van der Waals surface area contributed by atoms with Crippen LogP contribution in [0.25, 0.3) is 0 Å². The first-order valence-electron chi connectivity index (χ1n) is 8.12. The van der Waals surface area contributed by atoms with Crippen LogP contribution in [0.2, 0.25) is 0 Å². The number of benzene rings is 1. The minimum Gasteiger partial charge on any atom is -0.496 e. The number of rotatable bonds is 7. The molecule has 0 unspecified atom stereocenters. The second-order valence-corrected chi connectivity index (χ2v) is 5.50. The molecule has 0 aliphatic carbocycles. The number of hydrogen-bond acceptors (Lipinski definition) is 4. The summed E-state index contributed by atoms with van der Waals surface area (Å²) in [7, 11) is 3.25. The zero-order chi connectivity index (χ0) is 19.7. The predicted octanol–water partition coefficient (Wildman–Crippen LogP) is 2.90. The van der Waals surface area contributed by atoms with E-state index in [-0.39, 0.29) is 5.88 Å².